The number of hydrogen-bond donors (Lipinski definition) is 0. The highest BCUT2D eigenvalue weighted by molar-refractivity contribution is 7.99. The molecule has 3 aromatic rings. The maximum atomic E-state index is 5.75. The Balaban J connectivity index is 1.96. The van der Waals surface area contributed by atoms with Crippen LogP contribution in [-0.4, -0.2) is 15.0 Å². The summed E-state index contributed by atoms with van der Waals surface area (Å²) in [5.41, 5.74) is 0. The van der Waals surface area contributed by atoms with E-state index in [1.807, 2.05) is 18.2 Å². The molecule has 3 nitrogen and oxygen atoms in total. The van der Waals surface area contributed by atoms with Gasteiger partial charge < -0.3 is 0 Å². The normalized spacial score (nSPS) is 10.8. The molecular weight excluding hydrogens is 301 g/mol. The zero-order valence-electron chi connectivity index (χ0n) is 9.55. The summed E-state index contributed by atoms with van der Waals surface area (Å²) in [6.07, 6.45) is 0. The molecule has 2 aromatic carbocycles. The summed E-state index contributed by atoms with van der Waals surface area (Å²) in [7, 11) is 0. The van der Waals surface area contributed by atoms with Crippen LogP contribution in [0.5, 0.6) is 0 Å². The van der Waals surface area contributed by atoms with Crippen molar-refractivity contribution in [3.8, 4) is 0 Å². The van der Waals surface area contributed by atoms with Crippen LogP contribution in [0, 0.1) is 0 Å². The van der Waals surface area contributed by atoms with Gasteiger partial charge in [-0.05, 0) is 57.9 Å². The van der Waals surface area contributed by atoms with Crippen molar-refractivity contribution >= 4 is 45.7 Å². The molecular formula is C13H7Cl2N3S. The van der Waals surface area contributed by atoms with Crippen LogP contribution < -0.4 is 0 Å². The van der Waals surface area contributed by atoms with Crippen LogP contribution in [0.15, 0.2) is 52.5 Å². The third-order valence-electron chi connectivity index (χ3n) is 2.49. The largest absolute Gasteiger partial charge is 0.227 e. The van der Waals surface area contributed by atoms with E-state index in [2.05, 4.69) is 39.2 Å². The summed E-state index contributed by atoms with van der Waals surface area (Å²) in [5.74, 6) is 0. The van der Waals surface area contributed by atoms with Crippen LogP contribution in [0.25, 0.3) is 10.8 Å². The van der Waals surface area contributed by atoms with Crippen LogP contribution in [0.4, 0.5) is 0 Å². The van der Waals surface area contributed by atoms with Gasteiger partial charge >= 0.3 is 0 Å². The van der Waals surface area contributed by atoms with Crippen LogP contribution in [0.1, 0.15) is 0 Å². The molecule has 0 spiro atoms. The number of fused-ring (bicyclic) bond motifs is 1. The Morgan fingerprint density at radius 1 is 0.789 bits per heavy atom. The summed E-state index contributed by atoms with van der Waals surface area (Å²) in [4.78, 5) is 12.8. The van der Waals surface area contributed by atoms with Gasteiger partial charge in [0.2, 0.25) is 10.6 Å². The van der Waals surface area contributed by atoms with Gasteiger partial charge in [0.1, 0.15) is 0 Å². The van der Waals surface area contributed by atoms with Crippen molar-refractivity contribution in [3.63, 3.8) is 0 Å². The SMILES string of the molecule is Clc1nc(Cl)nc(Sc2ccc3ccccc3c2)n1. The number of benzene rings is 2. The van der Waals surface area contributed by atoms with Crippen molar-refractivity contribution in [2.45, 2.75) is 10.1 Å². The number of aromatic nitrogens is 3. The van der Waals surface area contributed by atoms with Gasteiger partial charge in [-0.25, -0.2) is 0 Å². The van der Waals surface area contributed by atoms with Crippen molar-refractivity contribution in [2.24, 2.45) is 0 Å². The lowest BCUT2D eigenvalue weighted by Crippen LogP contribution is -1.91. The van der Waals surface area contributed by atoms with Gasteiger partial charge in [-0.2, -0.15) is 15.0 Å². The van der Waals surface area contributed by atoms with Crippen molar-refractivity contribution in [3.05, 3.63) is 53.0 Å². The van der Waals surface area contributed by atoms with Gasteiger partial charge in [0.15, 0.2) is 5.16 Å². The molecule has 0 amide bonds. The van der Waals surface area contributed by atoms with Gasteiger partial charge in [0.25, 0.3) is 0 Å². The van der Waals surface area contributed by atoms with Gasteiger partial charge in [-0.15, -0.1) is 0 Å². The van der Waals surface area contributed by atoms with Crippen molar-refractivity contribution in [1.29, 1.82) is 0 Å². The minimum atomic E-state index is 0.100. The maximum Gasteiger partial charge on any atom is 0.227 e. The van der Waals surface area contributed by atoms with E-state index < -0.39 is 0 Å². The first-order valence-electron chi connectivity index (χ1n) is 5.44. The molecule has 94 valence electrons. The zero-order valence-corrected chi connectivity index (χ0v) is 11.9. The zero-order chi connectivity index (χ0) is 13.2. The molecule has 0 aliphatic rings. The predicted molar refractivity (Wildman–Crippen MR) is 77.9 cm³/mol. The Morgan fingerprint density at radius 3 is 2.21 bits per heavy atom. The Kier molecular flexibility index (Phi) is 3.55. The molecule has 0 bridgehead atoms. The van der Waals surface area contributed by atoms with Crippen molar-refractivity contribution in [2.75, 3.05) is 0 Å². The van der Waals surface area contributed by atoms with Gasteiger partial charge in [0, 0.05) is 4.90 Å². The first-order valence-corrected chi connectivity index (χ1v) is 7.02. The first kappa shape index (κ1) is 12.7. The van der Waals surface area contributed by atoms with Gasteiger partial charge in [-0.3, -0.25) is 0 Å². The van der Waals surface area contributed by atoms with Crippen LogP contribution >= 0.6 is 35.0 Å². The van der Waals surface area contributed by atoms with E-state index in [0.29, 0.717) is 5.16 Å². The second kappa shape index (κ2) is 5.33. The number of hydrogen-bond acceptors (Lipinski definition) is 4. The Morgan fingerprint density at radius 2 is 1.47 bits per heavy atom. The summed E-state index contributed by atoms with van der Waals surface area (Å²) >= 11 is 12.9. The van der Waals surface area contributed by atoms with Crippen molar-refractivity contribution < 1.29 is 0 Å². The van der Waals surface area contributed by atoms with E-state index in [1.165, 1.54) is 22.5 Å². The fourth-order valence-corrected chi connectivity index (χ4v) is 2.95. The molecule has 0 fully saturated rings. The molecule has 1 heterocycles. The molecule has 0 aliphatic carbocycles. The molecule has 19 heavy (non-hydrogen) atoms. The van der Waals surface area contributed by atoms with Crippen LogP contribution in [0.2, 0.25) is 10.6 Å². The fourth-order valence-electron chi connectivity index (χ4n) is 1.69. The van der Waals surface area contributed by atoms with Crippen molar-refractivity contribution in [1.82, 2.24) is 15.0 Å². The van der Waals surface area contributed by atoms with E-state index in [-0.39, 0.29) is 10.6 Å². The standard InChI is InChI=1S/C13H7Cl2N3S/c14-11-16-12(15)18-13(17-11)19-10-6-5-8-3-1-2-4-9(8)7-10/h1-7H. The summed E-state index contributed by atoms with van der Waals surface area (Å²) < 4.78 is 0. The highest BCUT2D eigenvalue weighted by atomic mass is 35.5. The topological polar surface area (TPSA) is 38.7 Å². The minimum absolute atomic E-state index is 0.100. The summed E-state index contributed by atoms with van der Waals surface area (Å²) in [5, 5.41) is 3.05. The third-order valence-corrected chi connectivity index (χ3v) is 3.68. The van der Waals surface area contributed by atoms with E-state index in [0.717, 1.165) is 4.90 Å². The lowest BCUT2D eigenvalue weighted by molar-refractivity contribution is 0.904. The minimum Gasteiger partial charge on any atom is -0.191 e. The molecule has 0 atom stereocenters. The van der Waals surface area contributed by atoms with Crippen LogP contribution in [0.3, 0.4) is 0 Å². The van der Waals surface area contributed by atoms with Crippen LogP contribution in [-0.2, 0) is 0 Å². The van der Waals surface area contributed by atoms with Gasteiger partial charge in [0.05, 0.1) is 0 Å². The lowest BCUT2D eigenvalue weighted by Gasteiger charge is -2.03. The molecule has 6 heteroatoms. The van der Waals surface area contributed by atoms with E-state index in [1.54, 1.807) is 0 Å². The second-order valence-electron chi connectivity index (χ2n) is 3.77. The average molecular weight is 308 g/mol. The number of rotatable bonds is 2. The molecule has 0 saturated heterocycles. The first-order chi connectivity index (χ1) is 9.20. The third kappa shape index (κ3) is 2.97. The molecule has 0 saturated carbocycles. The van der Waals surface area contributed by atoms with E-state index in [9.17, 15) is 0 Å². The van der Waals surface area contributed by atoms with E-state index in [4.69, 9.17) is 23.2 Å². The maximum absolute atomic E-state index is 5.75. The Hall–Kier alpha value is -1.36. The lowest BCUT2D eigenvalue weighted by atomic mass is 10.1. The quantitative estimate of drug-likeness (QED) is 0.699. The Labute approximate surface area is 124 Å². The summed E-state index contributed by atoms with van der Waals surface area (Å²) in [6, 6.07) is 14.3. The molecule has 1 aromatic heterocycles. The highest BCUT2D eigenvalue weighted by Crippen LogP contribution is 2.28. The fraction of sp³-hybridized carbons (Fsp3) is 0. The van der Waals surface area contributed by atoms with Gasteiger partial charge in [-0.1, -0.05) is 30.3 Å². The molecule has 3 rings (SSSR count). The monoisotopic (exact) mass is 307 g/mol. The predicted octanol–water partition coefficient (Wildman–Crippen LogP) is 4.48. The molecule has 0 N–H and O–H groups in total. The Bertz CT molecular complexity index is 729. The smallest absolute Gasteiger partial charge is 0.191 e. The molecule has 0 unspecified atom stereocenters. The highest BCUT2D eigenvalue weighted by Gasteiger charge is 2.06. The van der Waals surface area contributed by atoms with E-state index >= 15 is 0 Å². The molecule has 0 aliphatic heterocycles. The second-order valence-corrected chi connectivity index (χ2v) is 5.48. The summed E-state index contributed by atoms with van der Waals surface area (Å²) in [6.45, 7) is 0. The average Bonchev–Trinajstić information content (AvgIpc) is 2.37. The number of nitrogens with zero attached hydrogens (tertiary/aromatic N) is 3. The molecule has 0 radical (unpaired) electrons. The number of halogens is 2.